The first-order chi connectivity index (χ1) is 28.7. The molecule has 0 amide bonds. The molecule has 3 aliphatic rings. The lowest BCUT2D eigenvalue weighted by Gasteiger charge is -2.23. The molecule has 0 saturated heterocycles. The molecule has 3 aliphatic carbocycles. The summed E-state index contributed by atoms with van der Waals surface area (Å²) < 4.78 is 9.38. The van der Waals surface area contributed by atoms with E-state index in [1.165, 1.54) is 42.4 Å². The molecule has 0 fully saturated rings. The highest BCUT2D eigenvalue weighted by Gasteiger charge is 2.24. The van der Waals surface area contributed by atoms with Gasteiger partial charge in [0.1, 0.15) is 11.2 Å². The Morgan fingerprint density at radius 3 is 2.28 bits per heavy atom. The smallest absolute Gasteiger partial charge is 0.164 e. The molecule has 274 valence electrons. The molecule has 3 heterocycles. The fraction of sp³-hybridized carbons (Fsp3) is 0.0755. The van der Waals surface area contributed by atoms with E-state index in [1.807, 2.05) is 11.3 Å². The number of hydrogen-bond acceptors (Lipinski definition) is 5. The standard InChI is InChI=1S/C53H35N3OS/c1-2-10-32(11-3-1)35-21-22-37-30-40(25-23-36(37)28-35)52-54-51(39-24-20-33-12-4-5-13-34(33)29-39)55-53(56-52)44-17-9-18-46-49(44)43-16-8-15-41(50(43)57-46)38-26-27-48-45(31-38)42-14-6-7-19-47(42)58-48/h1-22,24,26-31,33-34H,23,25H2. The Kier molecular flexibility index (Phi) is 7.63. The number of rotatable bonds is 5. The minimum absolute atomic E-state index is 0.263. The quantitative estimate of drug-likeness (QED) is 0.175. The van der Waals surface area contributed by atoms with Crippen LogP contribution >= 0.6 is 11.3 Å². The summed E-state index contributed by atoms with van der Waals surface area (Å²) in [6, 6.07) is 45.5. The molecular formula is C53H35N3OS. The van der Waals surface area contributed by atoms with Gasteiger partial charge >= 0.3 is 0 Å². The molecule has 0 saturated carbocycles. The second-order valence-corrected chi connectivity index (χ2v) is 16.5. The number of para-hydroxylation sites is 1. The zero-order valence-corrected chi connectivity index (χ0v) is 32.3. The van der Waals surface area contributed by atoms with Crippen molar-refractivity contribution in [2.75, 3.05) is 0 Å². The Morgan fingerprint density at radius 1 is 0.552 bits per heavy atom. The number of allylic oxidation sites excluding steroid dienone is 9. The van der Waals surface area contributed by atoms with Crippen LogP contribution in [0.2, 0.25) is 0 Å². The fourth-order valence-electron chi connectivity index (χ4n) is 9.03. The van der Waals surface area contributed by atoms with Crippen LogP contribution in [0.3, 0.4) is 0 Å². The van der Waals surface area contributed by atoms with Crippen LogP contribution in [0.15, 0.2) is 174 Å². The van der Waals surface area contributed by atoms with Gasteiger partial charge in [-0.15, -0.1) is 11.3 Å². The summed E-state index contributed by atoms with van der Waals surface area (Å²) in [7, 11) is 0. The van der Waals surface area contributed by atoms with Gasteiger partial charge in [-0.3, -0.25) is 0 Å². The third kappa shape index (κ3) is 5.53. The van der Waals surface area contributed by atoms with Crippen LogP contribution in [0, 0.1) is 11.8 Å². The summed E-state index contributed by atoms with van der Waals surface area (Å²) >= 11 is 1.84. The molecule has 0 aliphatic heterocycles. The first kappa shape index (κ1) is 33.2. The zero-order chi connectivity index (χ0) is 38.2. The maximum absolute atomic E-state index is 6.80. The summed E-state index contributed by atoms with van der Waals surface area (Å²) in [5.74, 6) is 2.65. The summed E-state index contributed by atoms with van der Waals surface area (Å²) in [6.45, 7) is 0. The Labute approximate surface area is 339 Å². The number of aryl methyl sites for hydroxylation is 1. The van der Waals surface area contributed by atoms with Crippen molar-refractivity contribution in [3.05, 3.63) is 193 Å². The van der Waals surface area contributed by atoms with Crippen molar-refractivity contribution in [2.24, 2.45) is 11.8 Å². The van der Waals surface area contributed by atoms with Gasteiger partial charge in [0.15, 0.2) is 17.5 Å². The van der Waals surface area contributed by atoms with E-state index < -0.39 is 0 Å². The van der Waals surface area contributed by atoms with Crippen molar-refractivity contribution >= 4 is 70.7 Å². The van der Waals surface area contributed by atoms with Crippen molar-refractivity contribution in [1.82, 2.24) is 15.0 Å². The zero-order valence-electron chi connectivity index (χ0n) is 31.5. The van der Waals surface area contributed by atoms with Gasteiger partial charge in [0.25, 0.3) is 0 Å². The average Bonchev–Trinajstić information content (AvgIpc) is 3.87. The van der Waals surface area contributed by atoms with Gasteiger partial charge in [-0.2, -0.15) is 0 Å². The minimum Gasteiger partial charge on any atom is -0.455 e. The van der Waals surface area contributed by atoms with Crippen LogP contribution in [0.5, 0.6) is 0 Å². The maximum atomic E-state index is 6.80. The predicted molar refractivity (Wildman–Crippen MR) is 241 cm³/mol. The van der Waals surface area contributed by atoms with E-state index in [-0.39, 0.29) is 5.92 Å². The molecule has 12 rings (SSSR count). The van der Waals surface area contributed by atoms with Crippen LogP contribution in [-0.4, -0.2) is 15.0 Å². The summed E-state index contributed by atoms with van der Waals surface area (Å²) in [5.41, 5.74) is 12.0. The van der Waals surface area contributed by atoms with E-state index in [9.17, 15) is 0 Å². The summed E-state index contributed by atoms with van der Waals surface area (Å²) in [5, 5.41) is 4.61. The molecule has 4 nitrogen and oxygen atoms in total. The summed E-state index contributed by atoms with van der Waals surface area (Å²) in [6.07, 6.45) is 19.6. The summed E-state index contributed by atoms with van der Waals surface area (Å²) in [4.78, 5) is 15.8. The van der Waals surface area contributed by atoms with Crippen LogP contribution in [0.25, 0.3) is 93.0 Å². The second-order valence-electron chi connectivity index (χ2n) is 15.4. The average molecular weight is 762 g/mol. The third-order valence-corrected chi connectivity index (χ3v) is 13.1. The molecule has 2 unspecified atom stereocenters. The minimum atomic E-state index is 0.263. The van der Waals surface area contributed by atoms with Crippen LogP contribution in [-0.2, 0) is 6.42 Å². The Hall–Kier alpha value is -6.95. The number of benzene rings is 6. The molecular weight excluding hydrogens is 727 g/mol. The van der Waals surface area contributed by atoms with E-state index >= 15 is 0 Å². The van der Waals surface area contributed by atoms with Crippen molar-refractivity contribution in [3.8, 4) is 33.6 Å². The maximum Gasteiger partial charge on any atom is 0.164 e. The number of fused-ring (bicyclic) bond motifs is 8. The van der Waals surface area contributed by atoms with E-state index in [0.29, 0.717) is 17.6 Å². The molecule has 0 radical (unpaired) electrons. The van der Waals surface area contributed by atoms with Gasteiger partial charge < -0.3 is 4.42 Å². The molecule has 5 heteroatoms. The van der Waals surface area contributed by atoms with Crippen LogP contribution in [0.1, 0.15) is 29.2 Å². The number of hydrogen-bond donors (Lipinski definition) is 0. The highest BCUT2D eigenvalue weighted by atomic mass is 32.1. The second kappa shape index (κ2) is 13.3. The largest absolute Gasteiger partial charge is 0.455 e. The lowest BCUT2D eigenvalue weighted by Crippen LogP contribution is -2.13. The molecule has 0 bridgehead atoms. The van der Waals surface area contributed by atoms with Crippen LogP contribution < -0.4 is 0 Å². The van der Waals surface area contributed by atoms with E-state index in [1.54, 1.807) is 0 Å². The van der Waals surface area contributed by atoms with Crippen molar-refractivity contribution < 1.29 is 4.42 Å². The topological polar surface area (TPSA) is 51.8 Å². The Morgan fingerprint density at radius 2 is 1.33 bits per heavy atom. The molecule has 2 atom stereocenters. The van der Waals surface area contributed by atoms with Gasteiger partial charge in [-0.05, 0) is 76.6 Å². The molecule has 6 aromatic carbocycles. The number of aromatic nitrogens is 3. The SMILES string of the molecule is C1=CC2C=CC(c3nc(C4=Cc5ccc(-c6ccccc6)cc5CC4)nc(-c4cccc5oc6c(-c7ccc8sc9ccccc9c8c7)cccc6c45)n3)=CC2C=C1. The van der Waals surface area contributed by atoms with Crippen molar-refractivity contribution in [2.45, 2.75) is 12.8 Å². The Balaban J connectivity index is 1.01. The molecule has 58 heavy (non-hydrogen) atoms. The van der Waals surface area contributed by atoms with Gasteiger partial charge in [0.2, 0.25) is 0 Å². The Bertz CT molecular complexity index is 3300. The first-order valence-electron chi connectivity index (χ1n) is 20.0. The fourth-order valence-corrected chi connectivity index (χ4v) is 10.1. The highest BCUT2D eigenvalue weighted by Crippen LogP contribution is 2.43. The lowest BCUT2D eigenvalue weighted by molar-refractivity contribution is 0.662. The molecule has 9 aromatic rings. The van der Waals surface area contributed by atoms with Gasteiger partial charge in [-0.1, -0.05) is 146 Å². The molecule has 0 spiro atoms. The van der Waals surface area contributed by atoms with E-state index in [4.69, 9.17) is 19.4 Å². The number of furan rings is 1. The van der Waals surface area contributed by atoms with E-state index in [2.05, 4.69) is 176 Å². The number of thiophene rings is 1. The molecule has 0 N–H and O–H groups in total. The first-order valence-corrected chi connectivity index (χ1v) is 20.8. The monoisotopic (exact) mass is 761 g/mol. The van der Waals surface area contributed by atoms with Crippen molar-refractivity contribution in [1.29, 1.82) is 0 Å². The van der Waals surface area contributed by atoms with Crippen LogP contribution in [0.4, 0.5) is 0 Å². The normalized spacial score (nSPS) is 17.2. The van der Waals surface area contributed by atoms with E-state index in [0.717, 1.165) is 68.4 Å². The van der Waals surface area contributed by atoms with Gasteiger partial charge in [0, 0.05) is 59.5 Å². The van der Waals surface area contributed by atoms with Gasteiger partial charge in [0.05, 0.1) is 0 Å². The van der Waals surface area contributed by atoms with Crippen molar-refractivity contribution in [3.63, 3.8) is 0 Å². The predicted octanol–water partition coefficient (Wildman–Crippen LogP) is 13.9. The number of nitrogens with zero attached hydrogens (tertiary/aromatic N) is 3. The highest BCUT2D eigenvalue weighted by molar-refractivity contribution is 7.25. The lowest BCUT2D eigenvalue weighted by atomic mass is 9.83. The van der Waals surface area contributed by atoms with Gasteiger partial charge in [-0.25, -0.2) is 15.0 Å². The third-order valence-electron chi connectivity index (χ3n) is 12.0. The molecule has 3 aromatic heterocycles.